The summed E-state index contributed by atoms with van der Waals surface area (Å²) in [6, 6.07) is 2.79. The summed E-state index contributed by atoms with van der Waals surface area (Å²) < 4.78 is 68.1. The number of rotatable bonds is 5. The molecule has 9 heteroatoms. The Kier molecular flexibility index (Phi) is 5.81. The first-order valence-corrected chi connectivity index (χ1v) is 7.85. The van der Waals surface area contributed by atoms with Crippen LogP contribution in [0.3, 0.4) is 0 Å². The number of carbonyl (C=O) groups excluding carboxylic acids is 1. The van der Waals surface area contributed by atoms with Gasteiger partial charge in [0.25, 0.3) is 0 Å². The summed E-state index contributed by atoms with van der Waals surface area (Å²) >= 11 is 0. The fraction of sp³-hybridized carbons (Fsp3) is 0.357. The molecule has 0 saturated heterocycles. The number of esters is 1. The highest BCUT2D eigenvalue weighted by Gasteiger charge is 2.48. The molecule has 0 aliphatic rings. The Balaban J connectivity index is 3.10. The second-order valence-corrected chi connectivity index (χ2v) is 6.09. The van der Waals surface area contributed by atoms with Crippen LogP contribution in [0.15, 0.2) is 18.2 Å². The van der Waals surface area contributed by atoms with Crippen molar-refractivity contribution in [2.24, 2.45) is 0 Å². The SMILES string of the molecule is CCOC(=O)/C=C/c1cc(C)c(OS(=O)(=O)C(F)(F)F)c(C)c1. The van der Waals surface area contributed by atoms with Crippen molar-refractivity contribution in [3.05, 3.63) is 34.9 Å². The van der Waals surface area contributed by atoms with Gasteiger partial charge in [0.2, 0.25) is 0 Å². The molecule has 0 aliphatic heterocycles. The molecule has 5 nitrogen and oxygen atoms in total. The lowest BCUT2D eigenvalue weighted by molar-refractivity contribution is -0.137. The molecule has 23 heavy (non-hydrogen) atoms. The number of alkyl halides is 3. The molecule has 1 rings (SSSR count). The smallest absolute Gasteiger partial charge is 0.463 e. The fourth-order valence-electron chi connectivity index (χ4n) is 1.72. The van der Waals surface area contributed by atoms with Gasteiger partial charge >= 0.3 is 21.6 Å². The summed E-state index contributed by atoms with van der Waals surface area (Å²) in [5.41, 5.74) is -4.65. The summed E-state index contributed by atoms with van der Waals surface area (Å²) in [6.07, 6.45) is 2.56. The molecule has 0 bridgehead atoms. The van der Waals surface area contributed by atoms with E-state index in [1.807, 2.05) is 0 Å². The van der Waals surface area contributed by atoms with E-state index in [0.717, 1.165) is 6.08 Å². The predicted octanol–water partition coefficient (Wildman–Crippen LogP) is 3.11. The van der Waals surface area contributed by atoms with Gasteiger partial charge in [-0.05, 0) is 55.7 Å². The monoisotopic (exact) mass is 352 g/mol. The van der Waals surface area contributed by atoms with Crippen LogP contribution in [0.1, 0.15) is 23.6 Å². The predicted molar refractivity (Wildman–Crippen MR) is 77.2 cm³/mol. The second-order valence-electron chi connectivity index (χ2n) is 4.55. The topological polar surface area (TPSA) is 69.7 Å². The highest BCUT2D eigenvalue weighted by molar-refractivity contribution is 7.88. The molecule has 0 aliphatic carbocycles. The van der Waals surface area contributed by atoms with Crippen LogP contribution in [-0.4, -0.2) is 26.5 Å². The van der Waals surface area contributed by atoms with Crippen molar-refractivity contribution in [2.75, 3.05) is 6.61 Å². The molecular weight excluding hydrogens is 337 g/mol. The Morgan fingerprint density at radius 3 is 2.17 bits per heavy atom. The van der Waals surface area contributed by atoms with Crippen molar-refractivity contribution in [1.29, 1.82) is 0 Å². The van der Waals surface area contributed by atoms with E-state index in [1.54, 1.807) is 6.92 Å². The van der Waals surface area contributed by atoms with Crippen LogP contribution in [0, 0.1) is 13.8 Å². The van der Waals surface area contributed by atoms with E-state index in [0.29, 0.717) is 5.56 Å². The van der Waals surface area contributed by atoms with Crippen molar-refractivity contribution in [1.82, 2.24) is 0 Å². The average molecular weight is 352 g/mol. The maximum atomic E-state index is 12.4. The number of hydrogen-bond acceptors (Lipinski definition) is 5. The van der Waals surface area contributed by atoms with Gasteiger partial charge in [0, 0.05) is 6.08 Å². The molecule has 0 unspecified atom stereocenters. The molecule has 0 amide bonds. The molecule has 128 valence electrons. The van der Waals surface area contributed by atoms with E-state index in [2.05, 4.69) is 4.18 Å². The van der Waals surface area contributed by atoms with Gasteiger partial charge in [0.05, 0.1) is 6.61 Å². The van der Waals surface area contributed by atoms with Crippen LogP contribution in [0.25, 0.3) is 6.08 Å². The van der Waals surface area contributed by atoms with Gasteiger partial charge in [0.1, 0.15) is 5.75 Å². The third-order valence-electron chi connectivity index (χ3n) is 2.66. The van der Waals surface area contributed by atoms with Gasteiger partial charge in [-0.2, -0.15) is 21.6 Å². The van der Waals surface area contributed by atoms with E-state index < -0.39 is 27.3 Å². The number of benzene rings is 1. The third-order valence-corrected chi connectivity index (χ3v) is 3.61. The summed E-state index contributed by atoms with van der Waals surface area (Å²) in [4.78, 5) is 11.2. The standard InChI is InChI=1S/C14H15F3O5S/c1-4-21-12(18)6-5-11-7-9(2)13(10(3)8-11)22-23(19,20)14(15,16)17/h5-8H,4H2,1-3H3/b6-5+. The molecule has 0 saturated carbocycles. The molecule has 0 heterocycles. The number of ether oxygens (including phenoxy) is 1. The minimum Gasteiger partial charge on any atom is -0.463 e. The summed E-state index contributed by atoms with van der Waals surface area (Å²) in [5, 5.41) is 0. The maximum absolute atomic E-state index is 12.4. The Hall–Kier alpha value is -2.03. The number of carbonyl (C=O) groups is 1. The zero-order chi connectivity index (χ0) is 17.8. The summed E-state index contributed by atoms with van der Waals surface area (Å²) in [5.74, 6) is -0.960. The van der Waals surface area contributed by atoms with Gasteiger partial charge < -0.3 is 8.92 Å². The van der Waals surface area contributed by atoms with Gasteiger partial charge in [-0.1, -0.05) is 0 Å². The van der Waals surface area contributed by atoms with Crippen LogP contribution in [0.2, 0.25) is 0 Å². The van der Waals surface area contributed by atoms with E-state index in [-0.39, 0.29) is 17.7 Å². The Bertz CT molecular complexity index is 697. The van der Waals surface area contributed by atoms with E-state index in [1.165, 1.54) is 32.1 Å². The lowest BCUT2D eigenvalue weighted by atomic mass is 10.1. The largest absolute Gasteiger partial charge is 0.534 e. The quantitative estimate of drug-likeness (QED) is 0.352. The van der Waals surface area contributed by atoms with Crippen LogP contribution >= 0.6 is 0 Å². The summed E-state index contributed by atoms with van der Waals surface area (Å²) in [7, 11) is -5.73. The van der Waals surface area contributed by atoms with Gasteiger partial charge in [-0.25, -0.2) is 4.79 Å². The van der Waals surface area contributed by atoms with E-state index in [9.17, 15) is 26.4 Å². The molecule has 0 atom stereocenters. The Labute approximate surface area is 131 Å². The van der Waals surface area contributed by atoms with Gasteiger partial charge in [0.15, 0.2) is 0 Å². The molecule has 0 aromatic heterocycles. The lowest BCUT2D eigenvalue weighted by Crippen LogP contribution is -2.28. The molecule has 0 spiro atoms. The normalized spacial score (nSPS) is 12.4. The molecule has 1 aromatic rings. The van der Waals surface area contributed by atoms with Crippen LogP contribution < -0.4 is 4.18 Å². The van der Waals surface area contributed by atoms with E-state index in [4.69, 9.17) is 4.74 Å². The van der Waals surface area contributed by atoms with Gasteiger partial charge in [-0.3, -0.25) is 0 Å². The molecule has 1 aromatic carbocycles. The minimum absolute atomic E-state index is 0.182. The second kappa shape index (κ2) is 7.03. The highest BCUT2D eigenvalue weighted by Crippen LogP contribution is 2.32. The first-order chi connectivity index (χ1) is 10.5. The van der Waals surface area contributed by atoms with Gasteiger partial charge in [-0.15, -0.1) is 0 Å². The lowest BCUT2D eigenvalue weighted by Gasteiger charge is -2.14. The minimum atomic E-state index is -5.73. The van der Waals surface area contributed by atoms with Crippen LogP contribution in [-0.2, 0) is 19.6 Å². The van der Waals surface area contributed by atoms with Crippen LogP contribution in [0.5, 0.6) is 5.75 Å². The highest BCUT2D eigenvalue weighted by atomic mass is 32.2. The zero-order valence-electron chi connectivity index (χ0n) is 12.6. The van der Waals surface area contributed by atoms with Crippen molar-refractivity contribution in [3.63, 3.8) is 0 Å². The average Bonchev–Trinajstić information content (AvgIpc) is 2.39. The van der Waals surface area contributed by atoms with Crippen molar-refractivity contribution in [2.45, 2.75) is 26.3 Å². The fourth-order valence-corrected chi connectivity index (χ4v) is 2.30. The maximum Gasteiger partial charge on any atom is 0.534 e. The Morgan fingerprint density at radius 2 is 1.74 bits per heavy atom. The zero-order valence-corrected chi connectivity index (χ0v) is 13.4. The van der Waals surface area contributed by atoms with E-state index >= 15 is 0 Å². The third kappa shape index (κ3) is 4.98. The summed E-state index contributed by atoms with van der Waals surface area (Å²) in [6.45, 7) is 4.66. The first kappa shape index (κ1) is 19.0. The molecular formula is C14H15F3O5S. The first-order valence-electron chi connectivity index (χ1n) is 6.44. The number of hydrogen-bond donors (Lipinski definition) is 0. The van der Waals surface area contributed by atoms with Crippen molar-refractivity contribution in [3.8, 4) is 5.75 Å². The number of aryl methyl sites for hydroxylation is 2. The Morgan fingerprint density at radius 1 is 1.22 bits per heavy atom. The van der Waals surface area contributed by atoms with Crippen molar-refractivity contribution >= 4 is 22.2 Å². The molecule has 0 radical (unpaired) electrons. The van der Waals surface area contributed by atoms with Crippen LogP contribution in [0.4, 0.5) is 13.2 Å². The molecule has 0 N–H and O–H groups in total. The van der Waals surface area contributed by atoms with Crippen molar-refractivity contribution < 1.29 is 35.3 Å². The molecule has 0 fully saturated rings. The number of halogens is 3.